The summed E-state index contributed by atoms with van der Waals surface area (Å²) in [7, 11) is 0. The quantitative estimate of drug-likeness (QED) is 0.493. The third-order valence-corrected chi connectivity index (χ3v) is 3.44. The first kappa shape index (κ1) is 17.7. The van der Waals surface area contributed by atoms with Gasteiger partial charge in [-0.1, -0.05) is 46.4 Å². The maximum Gasteiger partial charge on any atom is 0.434 e. The van der Waals surface area contributed by atoms with Crippen LogP contribution in [0.2, 0.25) is 20.2 Å². The van der Waals surface area contributed by atoms with Crippen molar-refractivity contribution in [2.24, 2.45) is 0 Å². The van der Waals surface area contributed by atoms with Crippen LogP contribution in [-0.2, 0) is 0 Å². The minimum absolute atomic E-state index is 0.429. The summed E-state index contributed by atoms with van der Waals surface area (Å²) in [5, 5.41) is -2.48. The maximum absolute atomic E-state index is 12.3. The SMILES string of the molecule is FC(F)(F)C(Oc1nc(Cl)c(Cl)c(Cl)c1Cl)C(F)(F)F. The highest BCUT2D eigenvalue weighted by Gasteiger charge is 2.59. The van der Waals surface area contributed by atoms with E-state index >= 15 is 0 Å². The minimum atomic E-state index is -5.73. The van der Waals surface area contributed by atoms with Gasteiger partial charge in [-0.25, -0.2) is 0 Å². The molecule has 0 unspecified atom stereocenters. The van der Waals surface area contributed by atoms with Crippen LogP contribution in [0.1, 0.15) is 0 Å². The predicted molar refractivity (Wildman–Crippen MR) is 60.8 cm³/mol. The summed E-state index contributed by atoms with van der Waals surface area (Å²) in [6.45, 7) is 0. The summed E-state index contributed by atoms with van der Waals surface area (Å²) < 4.78 is 77.6. The fourth-order valence-corrected chi connectivity index (χ4v) is 1.73. The zero-order valence-corrected chi connectivity index (χ0v) is 11.7. The van der Waals surface area contributed by atoms with Gasteiger partial charge in [-0.15, -0.1) is 0 Å². The van der Waals surface area contributed by atoms with Crippen molar-refractivity contribution < 1.29 is 31.1 Å². The van der Waals surface area contributed by atoms with E-state index < -0.39 is 44.6 Å². The van der Waals surface area contributed by atoms with Crippen LogP contribution in [0.25, 0.3) is 0 Å². The Bertz CT molecular complexity index is 503. The average Bonchev–Trinajstić information content (AvgIpc) is 2.26. The molecule has 0 atom stereocenters. The maximum atomic E-state index is 12.3. The van der Waals surface area contributed by atoms with Crippen LogP contribution in [0.4, 0.5) is 26.3 Å². The lowest BCUT2D eigenvalue weighted by atomic mass is 10.3. The molecule has 0 spiro atoms. The zero-order chi connectivity index (χ0) is 15.9. The third-order valence-electron chi connectivity index (χ3n) is 1.78. The second-order valence-corrected chi connectivity index (χ2v) is 4.72. The topological polar surface area (TPSA) is 22.1 Å². The van der Waals surface area contributed by atoms with Gasteiger partial charge in [-0.2, -0.15) is 31.3 Å². The first-order chi connectivity index (χ1) is 8.85. The molecule has 1 rings (SSSR count). The number of aromatic nitrogens is 1. The van der Waals surface area contributed by atoms with Crippen molar-refractivity contribution in [1.29, 1.82) is 0 Å². The number of rotatable bonds is 2. The number of hydrogen-bond acceptors (Lipinski definition) is 2. The first-order valence-electron chi connectivity index (χ1n) is 4.35. The van der Waals surface area contributed by atoms with Gasteiger partial charge >= 0.3 is 12.4 Å². The highest BCUT2D eigenvalue weighted by atomic mass is 35.5. The lowest BCUT2D eigenvalue weighted by Crippen LogP contribution is -2.46. The molecule has 0 saturated heterocycles. The lowest BCUT2D eigenvalue weighted by Gasteiger charge is -2.24. The number of halogens is 10. The van der Waals surface area contributed by atoms with Gasteiger partial charge in [0.2, 0.25) is 5.88 Å². The van der Waals surface area contributed by atoms with Crippen LogP contribution in [0.15, 0.2) is 0 Å². The zero-order valence-electron chi connectivity index (χ0n) is 8.71. The molecule has 0 saturated carbocycles. The van der Waals surface area contributed by atoms with Crippen molar-refractivity contribution in [2.45, 2.75) is 18.5 Å². The summed E-state index contributed by atoms with van der Waals surface area (Å²) in [6.07, 6.45) is -15.6. The Morgan fingerprint density at radius 3 is 1.65 bits per heavy atom. The first-order valence-corrected chi connectivity index (χ1v) is 5.87. The van der Waals surface area contributed by atoms with E-state index in [1.807, 2.05) is 0 Å². The van der Waals surface area contributed by atoms with E-state index in [4.69, 9.17) is 46.4 Å². The van der Waals surface area contributed by atoms with Crippen molar-refractivity contribution in [2.75, 3.05) is 0 Å². The van der Waals surface area contributed by atoms with Crippen LogP contribution in [-0.4, -0.2) is 23.4 Å². The lowest BCUT2D eigenvalue weighted by molar-refractivity contribution is -0.300. The second kappa shape index (κ2) is 5.82. The summed E-state index contributed by atoms with van der Waals surface area (Å²) >= 11 is 21.7. The fraction of sp³-hybridized carbons (Fsp3) is 0.375. The molecular weight excluding hydrogens is 382 g/mol. The molecule has 0 bridgehead atoms. The van der Waals surface area contributed by atoms with Gasteiger partial charge in [0, 0.05) is 0 Å². The van der Waals surface area contributed by atoms with Crippen LogP contribution in [0.3, 0.4) is 0 Å². The standard InChI is InChI=1S/C8HCl4F6NO/c9-1-2(10)4(12)19-5(3(1)11)20-6(7(13,14)15)8(16,17)18/h6H. The molecule has 0 radical (unpaired) electrons. The Morgan fingerprint density at radius 2 is 1.25 bits per heavy atom. The largest absolute Gasteiger partial charge is 0.454 e. The molecule has 1 aromatic heterocycles. The van der Waals surface area contributed by atoms with Gasteiger partial charge in [0.25, 0.3) is 6.10 Å². The molecular formula is C8HCl4F6NO. The van der Waals surface area contributed by atoms with E-state index in [0.717, 1.165) is 0 Å². The molecule has 20 heavy (non-hydrogen) atoms. The molecule has 0 aliphatic carbocycles. The molecule has 0 aromatic carbocycles. The highest BCUT2D eigenvalue weighted by molar-refractivity contribution is 6.51. The Hall–Kier alpha value is -0.310. The smallest absolute Gasteiger partial charge is 0.434 e. The number of ether oxygens (including phenoxy) is 1. The van der Waals surface area contributed by atoms with Crippen LogP contribution >= 0.6 is 46.4 Å². The van der Waals surface area contributed by atoms with E-state index in [0.29, 0.717) is 0 Å². The van der Waals surface area contributed by atoms with Gasteiger partial charge < -0.3 is 4.74 Å². The van der Waals surface area contributed by atoms with Crippen molar-refractivity contribution in [3.05, 3.63) is 20.2 Å². The van der Waals surface area contributed by atoms with Crippen molar-refractivity contribution in [1.82, 2.24) is 4.98 Å². The molecule has 12 heteroatoms. The Labute approximate surface area is 127 Å². The number of nitrogens with zero attached hydrogens (tertiary/aromatic N) is 1. The van der Waals surface area contributed by atoms with Crippen molar-refractivity contribution in [3.8, 4) is 5.88 Å². The molecule has 0 aliphatic rings. The van der Waals surface area contributed by atoms with E-state index in [2.05, 4.69) is 9.72 Å². The van der Waals surface area contributed by atoms with E-state index in [9.17, 15) is 26.3 Å². The number of alkyl halides is 6. The van der Waals surface area contributed by atoms with Crippen molar-refractivity contribution >= 4 is 46.4 Å². The van der Waals surface area contributed by atoms with E-state index in [1.54, 1.807) is 0 Å². The summed E-state index contributed by atoms with van der Waals surface area (Å²) in [6, 6.07) is 0. The number of pyridine rings is 1. The monoisotopic (exact) mass is 381 g/mol. The van der Waals surface area contributed by atoms with Gasteiger partial charge in [-0.05, 0) is 0 Å². The summed E-state index contributed by atoms with van der Waals surface area (Å²) in [4.78, 5) is 3.09. The molecule has 1 heterocycles. The average molecular weight is 383 g/mol. The summed E-state index contributed by atoms with van der Waals surface area (Å²) in [5.41, 5.74) is 0. The Kier molecular flexibility index (Phi) is 5.17. The molecule has 0 fully saturated rings. The van der Waals surface area contributed by atoms with Crippen LogP contribution < -0.4 is 4.74 Å². The molecule has 0 aliphatic heterocycles. The minimum Gasteiger partial charge on any atom is -0.454 e. The number of hydrogen-bond donors (Lipinski definition) is 0. The highest BCUT2D eigenvalue weighted by Crippen LogP contribution is 2.43. The van der Waals surface area contributed by atoms with Gasteiger partial charge in [-0.3, -0.25) is 0 Å². The molecule has 2 nitrogen and oxygen atoms in total. The van der Waals surface area contributed by atoms with Gasteiger partial charge in [0.1, 0.15) is 5.02 Å². The van der Waals surface area contributed by atoms with E-state index in [-0.39, 0.29) is 0 Å². The predicted octanol–water partition coefficient (Wildman–Crippen LogP) is 5.57. The van der Waals surface area contributed by atoms with Crippen LogP contribution in [0, 0.1) is 0 Å². The molecule has 1 aromatic rings. The third kappa shape index (κ3) is 3.87. The molecule has 114 valence electrons. The fourth-order valence-electron chi connectivity index (χ4n) is 0.977. The molecule has 0 N–H and O–H groups in total. The summed E-state index contributed by atoms with van der Waals surface area (Å²) in [5.74, 6) is -1.23. The normalized spacial score (nSPS) is 12.9. The Balaban J connectivity index is 3.27. The van der Waals surface area contributed by atoms with Gasteiger partial charge in [0.05, 0.1) is 10.0 Å². The van der Waals surface area contributed by atoms with Crippen molar-refractivity contribution in [3.63, 3.8) is 0 Å². The Morgan fingerprint density at radius 1 is 0.800 bits per heavy atom. The van der Waals surface area contributed by atoms with Gasteiger partial charge in [0.15, 0.2) is 5.15 Å². The van der Waals surface area contributed by atoms with E-state index in [1.165, 1.54) is 0 Å². The second-order valence-electron chi connectivity index (χ2n) is 3.23. The van der Waals surface area contributed by atoms with Crippen LogP contribution in [0.5, 0.6) is 5.88 Å². The molecule has 0 amide bonds.